The Morgan fingerprint density at radius 2 is 1.09 bits per heavy atom. The van der Waals surface area contributed by atoms with E-state index in [0.29, 0.717) is 67.4 Å². The van der Waals surface area contributed by atoms with Gasteiger partial charge in [0.2, 0.25) is 0 Å². The number of fused-ring (bicyclic) bond motifs is 8. The molecule has 14 heteroatoms. The Morgan fingerprint density at radius 3 is 1.54 bits per heavy atom. The predicted octanol–water partition coefficient (Wildman–Crippen LogP) is 12.2. The molecule has 4 heterocycles. The molecule has 2 aliphatic rings. The molecule has 14 nitrogen and oxygen atoms in total. The lowest BCUT2D eigenvalue weighted by atomic mass is 9.81. The van der Waals surface area contributed by atoms with Crippen molar-refractivity contribution in [3.8, 4) is 11.4 Å². The van der Waals surface area contributed by atoms with Crippen molar-refractivity contribution in [1.29, 1.82) is 0 Å². The van der Waals surface area contributed by atoms with Gasteiger partial charge in [-0.05, 0) is 102 Å². The Bertz CT molecular complexity index is 3750. The van der Waals surface area contributed by atoms with E-state index in [1.165, 1.54) is 33.4 Å². The van der Waals surface area contributed by atoms with Gasteiger partial charge < -0.3 is 0 Å². The number of nitrogens with zero attached hydrogens (tertiary/aromatic N) is 8. The Balaban J connectivity index is 0.000000175. The molecule has 0 atom stereocenters. The molecule has 0 N–H and O–H groups in total. The zero-order valence-electron chi connectivity index (χ0n) is 41.0. The topological polar surface area (TPSA) is 181 Å². The summed E-state index contributed by atoms with van der Waals surface area (Å²) in [5.41, 5.74) is 11.0. The highest BCUT2D eigenvalue weighted by Gasteiger charge is 2.33. The van der Waals surface area contributed by atoms with E-state index < -0.39 is 9.85 Å². The molecule has 2 aromatic heterocycles. The maximum Gasteiger partial charge on any atom is 0.270 e. The van der Waals surface area contributed by atoms with Crippen LogP contribution in [0, 0.1) is 41.0 Å². The molecule has 70 heavy (non-hydrogen) atoms. The number of nitro groups is 2. The number of aliphatic imine (C=N–C) groups is 2. The third-order valence-corrected chi connectivity index (χ3v) is 12.9. The first-order valence-electron chi connectivity index (χ1n) is 23.1. The molecule has 352 valence electrons. The summed E-state index contributed by atoms with van der Waals surface area (Å²) in [6.07, 6.45) is 0. The summed E-state index contributed by atoms with van der Waals surface area (Å²) in [5.74, 6) is 1.01. The van der Waals surface area contributed by atoms with Crippen molar-refractivity contribution in [3.63, 3.8) is 0 Å². The van der Waals surface area contributed by atoms with Crippen molar-refractivity contribution in [2.24, 2.45) is 9.98 Å². The van der Waals surface area contributed by atoms with Gasteiger partial charge in [-0.1, -0.05) is 109 Å². The maximum atomic E-state index is 13.7. The van der Waals surface area contributed by atoms with E-state index in [0.717, 1.165) is 44.8 Å². The van der Waals surface area contributed by atoms with E-state index in [1.807, 2.05) is 75.4 Å². The van der Waals surface area contributed by atoms with E-state index >= 15 is 0 Å². The number of para-hydroxylation sites is 1. The highest BCUT2D eigenvalue weighted by atomic mass is 16.6. The first kappa shape index (κ1) is 46.8. The van der Waals surface area contributed by atoms with Crippen LogP contribution in [-0.2, 0) is 10.8 Å². The second-order valence-corrected chi connectivity index (χ2v) is 20.4. The molecule has 0 amide bonds. The molecule has 0 bridgehead atoms. The summed E-state index contributed by atoms with van der Waals surface area (Å²) < 4.78 is 3.05. The first-order chi connectivity index (χ1) is 33.0. The SMILES string of the molecule is Cc1ccc2nc3n(c(=O)c2c1)-c1ccc([N+](=O)[O-])cc1C3=Nc1c(C)cccc1C(C)C.Cc1ccc2nc3n(c(=O)c2c1)-c1ccc([N+](=O)[O-])cc1C3=Nc1cc(C(C)(C)C)ccc1C(C)(C)C. The number of rotatable bonds is 5. The molecule has 6 aromatic carbocycles. The van der Waals surface area contributed by atoms with Crippen LogP contribution in [0.5, 0.6) is 0 Å². The smallest absolute Gasteiger partial charge is 0.268 e. The quantitative estimate of drug-likeness (QED) is 0.121. The van der Waals surface area contributed by atoms with Gasteiger partial charge in [0.25, 0.3) is 22.5 Å². The van der Waals surface area contributed by atoms with E-state index in [9.17, 15) is 29.8 Å². The predicted molar refractivity (Wildman–Crippen MR) is 277 cm³/mol. The van der Waals surface area contributed by atoms with Crippen LogP contribution in [0.2, 0.25) is 0 Å². The number of aromatic nitrogens is 4. The molecule has 0 unspecified atom stereocenters. The second-order valence-electron chi connectivity index (χ2n) is 20.4. The Labute approximate surface area is 404 Å². The third kappa shape index (κ3) is 8.18. The molecule has 0 fully saturated rings. The Morgan fingerprint density at radius 1 is 0.586 bits per heavy atom. The molecule has 10 rings (SSSR count). The van der Waals surface area contributed by atoms with Crippen LogP contribution < -0.4 is 11.1 Å². The van der Waals surface area contributed by atoms with Crippen LogP contribution in [0.1, 0.15) is 117 Å². The van der Waals surface area contributed by atoms with Crippen molar-refractivity contribution in [1.82, 2.24) is 19.1 Å². The van der Waals surface area contributed by atoms with Crippen molar-refractivity contribution in [3.05, 3.63) is 206 Å². The van der Waals surface area contributed by atoms with Gasteiger partial charge in [-0.15, -0.1) is 0 Å². The minimum absolute atomic E-state index is 0.0587. The molecular formula is C56H52N8O6. The summed E-state index contributed by atoms with van der Waals surface area (Å²) in [6, 6.07) is 32.4. The average molecular weight is 933 g/mol. The zero-order valence-corrected chi connectivity index (χ0v) is 41.0. The number of hydrogen-bond donors (Lipinski definition) is 0. The van der Waals surface area contributed by atoms with Crippen molar-refractivity contribution in [2.75, 3.05) is 0 Å². The molecule has 0 spiro atoms. The van der Waals surface area contributed by atoms with Gasteiger partial charge in [0, 0.05) is 35.4 Å². The van der Waals surface area contributed by atoms with Crippen molar-refractivity contribution in [2.45, 2.75) is 92.9 Å². The normalized spacial score (nSPS) is 13.9. The lowest BCUT2D eigenvalue weighted by molar-refractivity contribution is -0.385. The molecule has 2 aliphatic heterocycles. The Hall–Kier alpha value is -8.26. The largest absolute Gasteiger partial charge is 0.270 e. The number of non-ortho nitro benzene ring substituents is 2. The number of nitro benzene ring substituents is 2. The molecule has 0 saturated heterocycles. The van der Waals surface area contributed by atoms with Crippen LogP contribution in [0.3, 0.4) is 0 Å². The summed E-state index contributed by atoms with van der Waals surface area (Å²) in [4.78, 5) is 69.3. The van der Waals surface area contributed by atoms with Crippen LogP contribution in [-0.4, -0.2) is 40.4 Å². The third-order valence-electron chi connectivity index (χ3n) is 12.9. The van der Waals surface area contributed by atoms with E-state index in [-0.39, 0.29) is 39.2 Å². The molecule has 0 saturated carbocycles. The van der Waals surface area contributed by atoms with Gasteiger partial charge in [-0.25, -0.2) is 20.0 Å². The monoisotopic (exact) mass is 932 g/mol. The number of aryl methyl sites for hydroxylation is 3. The fourth-order valence-electron chi connectivity index (χ4n) is 9.13. The van der Waals surface area contributed by atoms with Gasteiger partial charge in [-0.3, -0.25) is 39.0 Å². The highest BCUT2D eigenvalue weighted by molar-refractivity contribution is 6.19. The standard InChI is InChI=1S/C30H30N4O3.C26H22N4O3/c1-17-8-12-23-20(14-17)28(35)33-25-13-10-19(34(36)37)16-21(25)26(27(33)32-23)31-24-15-18(29(2,3)4)9-11-22(24)30(5,6)7;1-14(2)18-7-5-6-16(4)23(18)28-24-20-13-17(30(32)33)9-11-22(20)29-25(24)27-21-10-8-15(3)12-19(21)26(29)31/h8-16H,1-7H3;5-14H,1-4H3. The van der Waals surface area contributed by atoms with Crippen molar-refractivity contribution < 1.29 is 9.85 Å². The second kappa shape index (κ2) is 17.1. The summed E-state index contributed by atoms with van der Waals surface area (Å²) in [6.45, 7) is 22.9. The van der Waals surface area contributed by atoms with E-state index in [1.54, 1.807) is 12.1 Å². The van der Waals surface area contributed by atoms with Crippen LogP contribution in [0.25, 0.3) is 33.2 Å². The van der Waals surface area contributed by atoms with Crippen LogP contribution in [0.15, 0.2) is 129 Å². The van der Waals surface area contributed by atoms with E-state index in [2.05, 4.69) is 73.6 Å². The lowest BCUT2D eigenvalue weighted by Gasteiger charge is -2.25. The molecule has 0 radical (unpaired) electrons. The Kier molecular flexibility index (Phi) is 11.4. The fraction of sp³-hybridized carbons (Fsp3) is 0.250. The summed E-state index contributed by atoms with van der Waals surface area (Å²) in [7, 11) is 0. The number of benzene rings is 6. The van der Waals surface area contributed by atoms with Gasteiger partial charge in [0.05, 0.1) is 54.4 Å². The number of hydrogen-bond acceptors (Lipinski definition) is 10. The maximum absolute atomic E-state index is 13.7. The van der Waals surface area contributed by atoms with E-state index in [4.69, 9.17) is 20.0 Å². The fourth-order valence-corrected chi connectivity index (χ4v) is 9.13. The summed E-state index contributed by atoms with van der Waals surface area (Å²) >= 11 is 0. The average Bonchev–Trinajstić information content (AvgIpc) is 3.77. The van der Waals surface area contributed by atoms with Gasteiger partial charge >= 0.3 is 0 Å². The van der Waals surface area contributed by atoms with Crippen LogP contribution >= 0.6 is 0 Å². The molecule has 0 aliphatic carbocycles. The highest BCUT2D eigenvalue weighted by Crippen LogP contribution is 2.40. The lowest BCUT2D eigenvalue weighted by Crippen LogP contribution is -2.21. The molecular weight excluding hydrogens is 881 g/mol. The molecule has 8 aromatic rings. The van der Waals surface area contributed by atoms with Crippen LogP contribution in [0.4, 0.5) is 22.7 Å². The summed E-state index contributed by atoms with van der Waals surface area (Å²) in [5, 5.41) is 24.2. The first-order valence-corrected chi connectivity index (χ1v) is 23.1. The van der Waals surface area contributed by atoms with Gasteiger partial charge in [0.15, 0.2) is 11.6 Å². The minimum atomic E-state index is -0.440. The zero-order chi connectivity index (χ0) is 50.3. The van der Waals surface area contributed by atoms with Crippen molar-refractivity contribution >= 4 is 56.0 Å². The minimum Gasteiger partial charge on any atom is -0.268 e. The van der Waals surface area contributed by atoms with Gasteiger partial charge in [0.1, 0.15) is 11.4 Å². The van der Waals surface area contributed by atoms with Gasteiger partial charge in [-0.2, -0.15) is 0 Å².